The Morgan fingerprint density at radius 3 is 2.37 bits per heavy atom. The van der Waals surface area contributed by atoms with Gasteiger partial charge in [-0.3, -0.25) is 4.18 Å². The number of aliphatic hydroxyl groups is 2. The van der Waals surface area contributed by atoms with Gasteiger partial charge in [0.25, 0.3) is 10.1 Å². The first-order valence-corrected chi connectivity index (χ1v) is 7.57. The summed E-state index contributed by atoms with van der Waals surface area (Å²) in [5, 5.41) is 19.6. The third-order valence-corrected chi connectivity index (χ3v) is 3.62. The summed E-state index contributed by atoms with van der Waals surface area (Å²) in [5.41, 5.74) is -1.57. The molecule has 4 atom stereocenters. The molecular weight excluding hydrogens is 280 g/mol. The molecule has 0 spiro atoms. The van der Waals surface area contributed by atoms with Crippen LogP contribution in [0, 0.1) is 0 Å². The number of hydrogen-bond donors (Lipinski definition) is 2. The fourth-order valence-corrected chi connectivity index (χ4v) is 2.58. The molecule has 2 N–H and O–H groups in total. The van der Waals surface area contributed by atoms with Crippen molar-refractivity contribution >= 4 is 10.1 Å². The van der Waals surface area contributed by atoms with E-state index in [2.05, 4.69) is 4.18 Å². The van der Waals surface area contributed by atoms with E-state index in [1.54, 1.807) is 13.8 Å². The normalized spacial score (nSPS) is 41.4. The van der Waals surface area contributed by atoms with Gasteiger partial charge in [-0.25, -0.2) is 0 Å². The van der Waals surface area contributed by atoms with Crippen molar-refractivity contribution in [2.45, 2.75) is 43.7 Å². The maximum atomic E-state index is 11.0. The SMILES string of the molecule is CC1(C)O[C@H]2O[C@](CO)(COS(C)(=O)=O)[C@H](O)[C@H]2O1. The summed E-state index contributed by atoms with van der Waals surface area (Å²) < 4.78 is 42.9. The average molecular weight is 298 g/mol. The lowest BCUT2D eigenvalue weighted by Crippen LogP contribution is -2.51. The summed E-state index contributed by atoms with van der Waals surface area (Å²) in [5.74, 6) is -0.907. The van der Waals surface area contributed by atoms with Crippen LogP contribution >= 0.6 is 0 Å². The van der Waals surface area contributed by atoms with Crippen molar-refractivity contribution in [1.29, 1.82) is 0 Å². The molecule has 2 rings (SSSR count). The van der Waals surface area contributed by atoms with E-state index in [1.807, 2.05) is 0 Å². The molecule has 9 heteroatoms. The fraction of sp³-hybridized carbons (Fsp3) is 1.00. The van der Waals surface area contributed by atoms with Crippen LogP contribution in [0.3, 0.4) is 0 Å². The highest BCUT2D eigenvalue weighted by atomic mass is 32.2. The minimum Gasteiger partial charge on any atom is -0.393 e. The molecule has 2 aliphatic rings. The molecule has 0 unspecified atom stereocenters. The highest BCUT2D eigenvalue weighted by Gasteiger charge is 2.61. The molecule has 0 aliphatic carbocycles. The second-order valence-corrected chi connectivity index (χ2v) is 6.86. The second kappa shape index (κ2) is 4.62. The van der Waals surface area contributed by atoms with Gasteiger partial charge in [0.15, 0.2) is 12.1 Å². The molecule has 0 aromatic rings. The molecule has 2 fully saturated rings. The summed E-state index contributed by atoms with van der Waals surface area (Å²) in [6, 6.07) is 0. The van der Waals surface area contributed by atoms with Gasteiger partial charge in [0.1, 0.15) is 24.4 Å². The predicted molar refractivity (Wildman–Crippen MR) is 61.5 cm³/mol. The number of ether oxygens (including phenoxy) is 3. The van der Waals surface area contributed by atoms with Crippen LogP contribution in [0.25, 0.3) is 0 Å². The van der Waals surface area contributed by atoms with E-state index in [-0.39, 0.29) is 0 Å². The lowest BCUT2D eigenvalue weighted by molar-refractivity contribution is -0.250. The van der Waals surface area contributed by atoms with Crippen LogP contribution in [0.4, 0.5) is 0 Å². The molecule has 0 saturated carbocycles. The largest absolute Gasteiger partial charge is 0.393 e. The first-order valence-electron chi connectivity index (χ1n) is 5.75. The van der Waals surface area contributed by atoms with Crippen LogP contribution in [0.5, 0.6) is 0 Å². The van der Waals surface area contributed by atoms with E-state index in [0.29, 0.717) is 0 Å². The van der Waals surface area contributed by atoms with Gasteiger partial charge in [-0.15, -0.1) is 0 Å². The van der Waals surface area contributed by atoms with Crippen molar-refractivity contribution < 1.29 is 37.0 Å². The number of aliphatic hydroxyl groups excluding tert-OH is 2. The van der Waals surface area contributed by atoms with Crippen LogP contribution in [-0.4, -0.2) is 68.0 Å². The third kappa shape index (κ3) is 2.92. The van der Waals surface area contributed by atoms with Crippen LogP contribution in [0.1, 0.15) is 13.8 Å². The monoisotopic (exact) mass is 298 g/mol. The van der Waals surface area contributed by atoms with E-state index < -0.39 is 53.2 Å². The van der Waals surface area contributed by atoms with E-state index in [4.69, 9.17) is 14.2 Å². The van der Waals surface area contributed by atoms with E-state index in [1.165, 1.54) is 0 Å². The zero-order chi connectivity index (χ0) is 14.5. The van der Waals surface area contributed by atoms with Crippen molar-refractivity contribution in [2.75, 3.05) is 19.5 Å². The van der Waals surface area contributed by atoms with Crippen molar-refractivity contribution in [2.24, 2.45) is 0 Å². The molecule has 19 heavy (non-hydrogen) atoms. The van der Waals surface area contributed by atoms with Gasteiger partial charge < -0.3 is 24.4 Å². The van der Waals surface area contributed by atoms with Crippen molar-refractivity contribution in [3.05, 3.63) is 0 Å². The van der Waals surface area contributed by atoms with Crippen LogP contribution in [0.2, 0.25) is 0 Å². The van der Waals surface area contributed by atoms with Gasteiger partial charge >= 0.3 is 0 Å². The molecule has 112 valence electrons. The minimum atomic E-state index is -3.71. The molecule has 0 bridgehead atoms. The van der Waals surface area contributed by atoms with Crippen LogP contribution in [-0.2, 0) is 28.5 Å². The second-order valence-electron chi connectivity index (χ2n) is 5.22. The molecule has 8 nitrogen and oxygen atoms in total. The van der Waals surface area contributed by atoms with Crippen LogP contribution in [0.15, 0.2) is 0 Å². The Morgan fingerprint density at radius 2 is 1.89 bits per heavy atom. The Kier molecular flexibility index (Phi) is 3.67. The van der Waals surface area contributed by atoms with E-state index in [9.17, 15) is 18.6 Å². The summed E-state index contributed by atoms with van der Waals surface area (Å²) in [7, 11) is -3.71. The van der Waals surface area contributed by atoms with E-state index in [0.717, 1.165) is 6.26 Å². The van der Waals surface area contributed by atoms with Gasteiger partial charge in [-0.2, -0.15) is 8.42 Å². The van der Waals surface area contributed by atoms with E-state index >= 15 is 0 Å². The molecule has 0 aromatic carbocycles. The Hall–Kier alpha value is -0.290. The van der Waals surface area contributed by atoms with Crippen molar-refractivity contribution in [3.63, 3.8) is 0 Å². The smallest absolute Gasteiger partial charge is 0.264 e. The van der Waals surface area contributed by atoms with Crippen molar-refractivity contribution in [1.82, 2.24) is 0 Å². The first kappa shape index (κ1) is 15.1. The minimum absolute atomic E-state index is 0.510. The Labute approximate surface area is 111 Å². The molecular formula is C10H18O8S. The summed E-state index contributed by atoms with van der Waals surface area (Å²) in [4.78, 5) is 0. The standard InChI is InChI=1S/C10H18O8S/c1-9(2)16-6-7(12)10(4-11,18-8(6)17-9)5-15-19(3,13)14/h6-8,11-12H,4-5H2,1-3H3/t6-,7-,8+,10-/m1/s1. The molecule has 2 saturated heterocycles. The number of fused-ring (bicyclic) bond motifs is 1. The van der Waals surface area contributed by atoms with Gasteiger partial charge in [0, 0.05) is 0 Å². The topological polar surface area (TPSA) is 112 Å². The van der Waals surface area contributed by atoms with Gasteiger partial charge in [-0.1, -0.05) is 0 Å². The third-order valence-electron chi connectivity index (χ3n) is 3.07. The maximum absolute atomic E-state index is 11.0. The summed E-state index contributed by atoms with van der Waals surface area (Å²) in [6.45, 7) is 2.19. The number of rotatable bonds is 4. The van der Waals surface area contributed by atoms with Gasteiger partial charge in [0.05, 0.1) is 12.9 Å². The van der Waals surface area contributed by atoms with Crippen molar-refractivity contribution in [3.8, 4) is 0 Å². The molecule has 0 aromatic heterocycles. The number of hydrogen-bond acceptors (Lipinski definition) is 8. The zero-order valence-corrected chi connectivity index (χ0v) is 11.7. The fourth-order valence-electron chi connectivity index (χ4n) is 2.17. The zero-order valence-electron chi connectivity index (χ0n) is 10.9. The average Bonchev–Trinajstić information content (AvgIpc) is 2.68. The molecule has 0 amide bonds. The predicted octanol–water partition coefficient (Wildman–Crippen LogP) is -1.44. The summed E-state index contributed by atoms with van der Waals surface area (Å²) >= 11 is 0. The van der Waals surface area contributed by atoms with Gasteiger partial charge in [0.2, 0.25) is 0 Å². The highest BCUT2D eigenvalue weighted by Crippen LogP contribution is 2.42. The lowest BCUT2D eigenvalue weighted by atomic mass is 9.97. The molecule has 2 heterocycles. The molecule has 0 radical (unpaired) electrons. The maximum Gasteiger partial charge on any atom is 0.264 e. The first-order chi connectivity index (χ1) is 8.59. The quantitative estimate of drug-likeness (QED) is 0.607. The highest BCUT2D eigenvalue weighted by molar-refractivity contribution is 7.85. The molecule has 2 aliphatic heterocycles. The Balaban J connectivity index is 2.13. The lowest BCUT2D eigenvalue weighted by Gasteiger charge is -2.31. The van der Waals surface area contributed by atoms with Gasteiger partial charge in [-0.05, 0) is 13.8 Å². The Bertz CT molecular complexity index is 446. The Morgan fingerprint density at radius 1 is 1.26 bits per heavy atom. The van der Waals surface area contributed by atoms with Crippen LogP contribution < -0.4 is 0 Å². The summed E-state index contributed by atoms with van der Waals surface area (Å²) in [6.07, 6.45) is -2.06.